The van der Waals surface area contributed by atoms with Crippen LogP contribution in [-0.2, 0) is 9.62 Å². The summed E-state index contributed by atoms with van der Waals surface area (Å²) in [4.78, 5) is 4.15. The lowest BCUT2D eigenvalue weighted by molar-refractivity contribution is -0.407. The van der Waals surface area contributed by atoms with Gasteiger partial charge in [-0.15, -0.1) is 0 Å². The molecule has 0 aromatic heterocycles. The van der Waals surface area contributed by atoms with Crippen LogP contribution in [0.1, 0.15) is 59.3 Å². The number of alkyl halides is 6. The average molecular weight is 380 g/mol. The Hall–Kier alpha value is -0.540. The van der Waals surface area contributed by atoms with Gasteiger partial charge in [0.2, 0.25) is 0 Å². The van der Waals surface area contributed by atoms with Crippen LogP contribution in [0.3, 0.4) is 0 Å². The van der Waals surface area contributed by atoms with E-state index in [9.17, 15) is 26.3 Å². The van der Waals surface area contributed by atoms with Crippen LogP contribution < -0.4 is 0 Å². The molecule has 0 aliphatic heterocycles. The van der Waals surface area contributed by atoms with Crippen molar-refractivity contribution >= 4 is 0 Å². The monoisotopic (exact) mass is 380 g/mol. The van der Waals surface area contributed by atoms with Crippen LogP contribution in [-0.4, -0.2) is 35.9 Å². The summed E-state index contributed by atoms with van der Waals surface area (Å²) in [5.41, 5.74) is -5.41. The quantitative estimate of drug-likeness (QED) is 0.348. The van der Waals surface area contributed by atoms with Crippen molar-refractivity contribution in [1.82, 2.24) is 0 Å². The van der Waals surface area contributed by atoms with Gasteiger partial charge in [-0.1, -0.05) is 33.1 Å². The average Bonchev–Trinajstić information content (AvgIpc) is 2.52. The molecule has 0 spiro atoms. The second kappa shape index (κ2) is 8.00. The van der Waals surface area contributed by atoms with E-state index in [0.29, 0.717) is 19.3 Å². The summed E-state index contributed by atoms with van der Waals surface area (Å²) < 4.78 is 86.9. The van der Waals surface area contributed by atoms with E-state index in [2.05, 4.69) is 4.89 Å². The smallest absolute Gasteiger partial charge is 0.357 e. The maximum Gasteiger partial charge on any atom is 0.426 e. The highest BCUT2D eigenvalue weighted by molar-refractivity contribution is 5.02. The van der Waals surface area contributed by atoms with Gasteiger partial charge in [-0.2, -0.15) is 26.3 Å². The summed E-state index contributed by atoms with van der Waals surface area (Å²) in [6, 6.07) is 0. The lowest BCUT2D eigenvalue weighted by atomic mass is 9.75. The molecule has 1 aliphatic rings. The number of hydrogen-bond acceptors (Lipinski definition) is 3. The minimum atomic E-state index is -5.59. The largest absolute Gasteiger partial charge is 0.426 e. The van der Waals surface area contributed by atoms with Gasteiger partial charge < -0.3 is 4.74 Å². The van der Waals surface area contributed by atoms with Crippen molar-refractivity contribution in [2.45, 2.75) is 83.4 Å². The fourth-order valence-corrected chi connectivity index (χ4v) is 3.33. The molecule has 0 aromatic carbocycles. The predicted octanol–water partition coefficient (Wildman–Crippen LogP) is 5.74. The maximum absolute atomic E-state index is 13.7. The molecule has 1 rings (SSSR count). The topological polar surface area (TPSA) is 38.7 Å². The molecule has 9 heteroatoms. The van der Waals surface area contributed by atoms with Crippen molar-refractivity contribution < 1.29 is 41.2 Å². The van der Waals surface area contributed by atoms with Gasteiger partial charge in [0.15, 0.2) is 0 Å². The Labute approximate surface area is 143 Å². The van der Waals surface area contributed by atoms with Crippen molar-refractivity contribution in [3.63, 3.8) is 0 Å². The van der Waals surface area contributed by atoms with E-state index in [-0.39, 0.29) is 19.3 Å². The van der Waals surface area contributed by atoms with Crippen LogP contribution in [0.2, 0.25) is 0 Å². The van der Waals surface area contributed by atoms with E-state index >= 15 is 0 Å². The maximum atomic E-state index is 13.7. The molecule has 2 unspecified atom stereocenters. The van der Waals surface area contributed by atoms with Crippen molar-refractivity contribution in [3.05, 3.63) is 0 Å². The summed E-state index contributed by atoms with van der Waals surface area (Å²) in [7, 11) is 0. The van der Waals surface area contributed by atoms with Crippen molar-refractivity contribution in [1.29, 1.82) is 0 Å². The molecule has 25 heavy (non-hydrogen) atoms. The van der Waals surface area contributed by atoms with Crippen molar-refractivity contribution in [3.8, 4) is 0 Å². The molecule has 0 heterocycles. The first-order chi connectivity index (χ1) is 11.4. The van der Waals surface area contributed by atoms with Crippen LogP contribution in [0.25, 0.3) is 0 Å². The molecule has 150 valence electrons. The standard InChI is InChI=1S/C16H26F6O3/c1-4-13(3,11(2)25-23)10-24-14(15(17,18)19,16(20,21)22)12-8-6-5-7-9-12/h11-12,23H,4-10H2,1-3H3. The van der Waals surface area contributed by atoms with Gasteiger partial charge >= 0.3 is 12.4 Å². The first-order valence-corrected chi connectivity index (χ1v) is 8.43. The van der Waals surface area contributed by atoms with Gasteiger partial charge in [0.05, 0.1) is 12.7 Å². The molecule has 3 nitrogen and oxygen atoms in total. The molecule has 1 saturated carbocycles. The van der Waals surface area contributed by atoms with E-state index in [1.807, 2.05) is 0 Å². The van der Waals surface area contributed by atoms with Crippen LogP contribution in [0.5, 0.6) is 0 Å². The first-order valence-electron chi connectivity index (χ1n) is 8.43. The van der Waals surface area contributed by atoms with Crippen molar-refractivity contribution in [2.75, 3.05) is 6.61 Å². The van der Waals surface area contributed by atoms with Crippen LogP contribution >= 0.6 is 0 Å². The predicted molar refractivity (Wildman–Crippen MR) is 78.9 cm³/mol. The second-order valence-corrected chi connectivity index (χ2v) is 7.11. The molecule has 0 saturated heterocycles. The Balaban J connectivity index is 3.26. The Morgan fingerprint density at radius 3 is 1.84 bits per heavy atom. The Morgan fingerprint density at radius 2 is 1.48 bits per heavy atom. The van der Waals surface area contributed by atoms with Crippen LogP contribution in [0.15, 0.2) is 0 Å². The molecule has 2 atom stereocenters. The first kappa shape index (κ1) is 22.5. The number of hydrogen-bond donors (Lipinski definition) is 1. The van der Waals surface area contributed by atoms with E-state index in [1.165, 1.54) is 13.8 Å². The van der Waals surface area contributed by atoms with Gasteiger partial charge in [-0.25, -0.2) is 4.89 Å². The summed E-state index contributed by atoms with van der Waals surface area (Å²) in [6.45, 7) is 3.55. The summed E-state index contributed by atoms with van der Waals surface area (Å²) in [5.74, 6) is -1.67. The van der Waals surface area contributed by atoms with Gasteiger partial charge in [-0.3, -0.25) is 5.26 Å². The highest BCUT2D eigenvalue weighted by Gasteiger charge is 2.75. The normalized spacial score (nSPS) is 21.8. The lowest BCUT2D eigenvalue weighted by Crippen LogP contribution is -2.64. The third-order valence-corrected chi connectivity index (χ3v) is 5.60. The molecule has 1 N–H and O–H groups in total. The minimum absolute atomic E-state index is 0.172. The molecule has 0 amide bonds. The Morgan fingerprint density at radius 1 is 1.00 bits per heavy atom. The summed E-state index contributed by atoms with van der Waals surface area (Å²) in [6.07, 6.45) is -11.1. The molecular weight excluding hydrogens is 354 g/mol. The van der Waals surface area contributed by atoms with E-state index < -0.39 is 42.0 Å². The zero-order valence-corrected chi connectivity index (χ0v) is 14.6. The molecule has 0 aromatic rings. The number of ether oxygens (including phenoxy) is 1. The molecule has 0 radical (unpaired) electrons. The van der Waals surface area contributed by atoms with Crippen molar-refractivity contribution in [2.24, 2.45) is 11.3 Å². The fourth-order valence-electron chi connectivity index (χ4n) is 3.33. The molecule has 0 bridgehead atoms. The summed E-state index contributed by atoms with van der Waals surface area (Å²) in [5, 5.41) is 8.80. The van der Waals surface area contributed by atoms with Gasteiger partial charge in [-0.05, 0) is 26.2 Å². The van der Waals surface area contributed by atoms with Crippen LogP contribution in [0.4, 0.5) is 26.3 Å². The van der Waals surface area contributed by atoms with Crippen LogP contribution in [0, 0.1) is 11.3 Å². The van der Waals surface area contributed by atoms with Gasteiger partial charge in [0.1, 0.15) is 0 Å². The number of halogens is 6. The Kier molecular flexibility index (Phi) is 7.20. The fraction of sp³-hybridized carbons (Fsp3) is 1.00. The molecule has 1 fully saturated rings. The number of rotatable bonds is 7. The minimum Gasteiger partial charge on any atom is -0.357 e. The third-order valence-electron chi connectivity index (χ3n) is 5.60. The molecular formula is C16H26F6O3. The van der Waals surface area contributed by atoms with E-state index in [0.717, 1.165) is 0 Å². The lowest BCUT2D eigenvalue weighted by Gasteiger charge is -2.46. The van der Waals surface area contributed by atoms with Gasteiger partial charge in [0.25, 0.3) is 5.60 Å². The Bertz CT molecular complexity index is 403. The highest BCUT2D eigenvalue weighted by Crippen LogP contribution is 2.54. The second-order valence-electron chi connectivity index (χ2n) is 7.11. The third kappa shape index (κ3) is 4.42. The summed E-state index contributed by atoms with van der Waals surface area (Å²) >= 11 is 0. The zero-order chi connectivity index (χ0) is 19.5. The highest BCUT2D eigenvalue weighted by atomic mass is 19.4. The van der Waals surface area contributed by atoms with Gasteiger partial charge in [0, 0.05) is 11.3 Å². The zero-order valence-electron chi connectivity index (χ0n) is 14.6. The SMILES string of the molecule is CCC(C)(COC(C1CCCCC1)(C(F)(F)F)C(F)(F)F)C(C)OO. The molecule has 1 aliphatic carbocycles. The van der Waals surface area contributed by atoms with E-state index in [4.69, 9.17) is 9.99 Å². The van der Waals surface area contributed by atoms with E-state index in [1.54, 1.807) is 6.92 Å².